The summed E-state index contributed by atoms with van der Waals surface area (Å²) in [5.74, 6) is 0. The molecule has 0 aliphatic carbocycles. The molecule has 0 atom stereocenters. The van der Waals surface area contributed by atoms with Gasteiger partial charge in [-0.15, -0.1) is 0 Å². The molecule has 2 nitrogen and oxygen atoms in total. The van der Waals surface area contributed by atoms with Gasteiger partial charge in [0, 0.05) is 0 Å². The van der Waals surface area contributed by atoms with Gasteiger partial charge in [-0.1, -0.05) is 0 Å². The van der Waals surface area contributed by atoms with E-state index in [0.717, 1.165) is 13.1 Å². The Labute approximate surface area is 24.5 Å². The van der Waals surface area contributed by atoms with E-state index in [2.05, 4.69) is 10.2 Å². The lowest BCUT2D eigenvalue weighted by molar-refractivity contribution is 0.738. The zero-order chi connectivity index (χ0) is 2.83. The molecule has 0 amide bonds. The van der Waals surface area contributed by atoms with E-state index in [1.165, 1.54) is 0 Å². The van der Waals surface area contributed by atoms with Crippen LogP contribution < -0.4 is 0 Å². The fourth-order valence-electron chi connectivity index (χ4n) is 0.1000. The van der Waals surface area contributed by atoms with Crippen molar-refractivity contribution in [2.24, 2.45) is 10.2 Å². The first-order valence-electron chi connectivity index (χ1n) is 1.33. The molecule has 1 aliphatic rings. The average Bonchev–Trinajstić information content (AvgIpc) is 0.722. The number of hydrogen-bond donors (Lipinski definition) is 0. The summed E-state index contributed by atoms with van der Waals surface area (Å²) >= 11 is 0. The second-order valence-electron chi connectivity index (χ2n) is 0.730. The van der Waals surface area contributed by atoms with Crippen molar-refractivity contribution in [3.05, 3.63) is 0 Å². The Morgan fingerprint density at radius 3 is 1.25 bits per heavy atom. The Kier molecular flexibility index (Phi) is 0.241. The smallest absolute Gasteiger partial charge is 0.0812 e. The van der Waals surface area contributed by atoms with Gasteiger partial charge in [0.1, 0.15) is 0 Å². The number of rotatable bonds is 0. The minimum Gasteiger partial charge on any atom is -0.192 e. The molecule has 0 N–H and O–H groups in total. The Balaban J connectivity index is 2.47. The second-order valence-corrected chi connectivity index (χ2v) is 0.730. The van der Waals surface area contributed by atoms with Gasteiger partial charge in [-0.2, -0.15) is 10.2 Å². The van der Waals surface area contributed by atoms with Crippen molar-refractivity contribution in [3.8, 4) is 0 Å². The molecule has 4 heavy (non-hydrogen) atoms. The van der Waals surface area contributed by atoms with E-state index in [1.807, 2.05) is 0 Å². The van der Waals surface area contributed by atoms with Crippen molar-refractivity contribution in [1.29, 1.82) is 0 Å². The van der Waals surface area contributed by atoms with Crippen molar-refractivity contribution in [1.82, 2.24) is 0 Å². The minimum atomic E-state index is 0.958. The van der Waals surface area contributed by atoms with Gasteiger partial charge in [-0.25, -0.2) is 0 Å². The third-order valence-corrected chi connectivity index (χ3v) is 0.400. The highest BCUT2D eigenvalue weighted by atomic mass is 15.2. The predicted molar refractivity (Wildman–Crippen MR) is 14.6 cm³/mol. The number of hydrogen-bond acceptors (Lipinski definition) is 2. The highest BCUT2D eigenvalue weighted by Crippen LogP contribution is 1.85. The largest absolute Gasteiger partial charge is 0.192 e. The first-order chi connectivity index (χ1) is 2.00. The van der Waals surface area contributed by atoms with Crippen molar-refractivity contribution >= 4 is 0 Å². The maximum Gasteiger partial charge on any atom is 0.0812 e. The zero-order valence-corrected chi connectivity index (χ0v) is 2.31. The molecule has 0 spiro atoms. The minimum absolute atomic E-state index is 0.958. The van der Waals surface area contributed by atoms with Gasteiger partial charge in [-0.05, 0) is 0 Å². The van der Waals surface area contributed by atoms with E-state index < -0.39 is 0 Å². The van der Waals surface area contributed by atoms with Crippen LogP contribution in [-0.2, 0) is 0 Å². The van der Waals surface area contributed by atoms with Crippen LogP contribution in [0.5, 0.6) is 0 Å². The van der Waals surface area contributed by atoms with Crippen LogP contribution in [0.25, 0.3) is 0 Å². The van der Waals surface area contributed by atoms with E-state index in [0.29, 0.717) is 0 Å². The Morgan fingerprint density at radius 2 is 1.25 bits per heavy atom. The molecule has 0 unspecified atom stereocenters. The van der Waals surface area contributed by atoms with E-state index >= 15 is 0 Å². The van der Waals surface area contributed by atoms with Gasteiger partial charge in [0.05, 0.1) is 13.1 Å². The van der Waals surface area contributed by atoms with Crippen LogP contribution in [0.2, 0.25) is 0 Å². The van der Waals surface area contributed by atoms with Crippen LogP contribution in [0.3, 0.4) is 0 Å². The molecule has 0 fully saturated rings. The molecular formula is C2H4N2. The molecule has 0 aromatic heterocycles. The summed E-state index contributed by atoms with van der Waals surface area (Å²) in [6.07, 6.45) is 0. The van der Waals surface area contributed by atoms with Crippen LogP contribution in [0, 0.1) is 0 Å². The van der Waals surface area contributed by atoms with Gasteiger partial charge in [0.25, 0.3) is 0 Å². The lowest BCUT2D eigenvalue weighted by Gasteiger charge is -1.91. The second kappa shape index (κ2) is 0.514. The molecule has 2 heteroatoms. The fraction of sp³-hybridized carbons (Fsp3) is 1.00. The third kappa shape index (κ3) is 0.0444. The molecule has 0 aromatic rings. The molecule has 1 aliphatic heterocycles. The van der Waals surface area contributed by atoms with E-state index in [9.17, 15) is 0 Å². The lowest BCUT2D eigenvalue weighted by Crippen LogP contribution is -1.92. The maximum absolute atomic E-state index is 3.54. The Morgan fingerprint density at radius 1 is 1.00 bits per heavy atom. The van der Waals surface area contributed by atoms with Gasteiger partial charge in [-0.3, -0.25) is 0 Å². The average molecular weight is 56.1 g/mol. The molecule has 0 saturated carbocycles. The van der Waals surface area contributed by atoms with E-state index in [4.69, 9.17) is 0 Å². The monoisotopic (exact) mass is 56.0 g/mol. The molecule has 0 aromatic carbocycles. The Hall–Kier alpha value is -0.400. The maximum atomic E-state index is 3.54. The molecule has 22 valence electrons. The van der Waals surface area contributed by atoms with Crippen LogP contribution >= 0.6 is 0 Å². The fourth-order valence-corrected chi connectivity index (χ4v) is 0.1000. The summed E-state index contributed by atoms with van der Waals surface area (Å²) in [4.78, 5) is 0. The first-order valence-corrected chi connectivity index (χ1v) is 1.33. The van der Waals surface area contributed by atoms with Gasteiger partial charge in [0.2, 0.25) is 0 Å². The van der Waals surface area contributed by atoms with Gasteiger partial charge >= 0.3 is 0 Å². The van der Waals surface area contributed by atoms with Gasteiger partial charge < -0.3 is 0 Å². The van der Waals surface area contributed by atoms with Crippen molar-refractivity contribution in [3.63, 3.8) is 0 Å². The lowest BCUT2D eigenvalue weighted by atomic mass is 10.6. The van der Waals surface area contributed by atoms with Gasteiger partial charge in [0.15, 0.2) is 0 Å². The summed E-state index contributed by atoms with van der Waals surface area (Å²) in [5.41, 5.74) is 0. The summed E-state index contributed by atoms with van der Waals surface area (Å²) in [6.45, 7) is 1.92. The van der Waals surface area contributed by atoms with Crippen LogP contribution in [0.4, 0.5) is 0 Å². The standard InChI is InChI=1S/C2H4N2/c1-2-4-3-1/h1-2H2. The summed E-state index contributed by atoms with van der Waals surface area (Å²) in [5, 5.41) is 7.08. The zero-order valence-electron chi connectivity index (χ0n) is 2.31. The Bertz CT molecular complexity index is 33.3. The number of azo groups is 1. The normalized spacial score (nSPS) is 20.0. The van der Waals surface area contributed by atoms with Crippen LogP contribution in [-0.4, -0.2) is 13.1 Å². The highest BCUT2D eigenvalue weighted by Gasteiger charge is 1.84. The van der Waals surface area contributed by atoms with E-state index in [-0.39, 0.29) is 0 Å². The van der Waals surface area contributed by atoms with Crippen molar-refractivity contribution in [2.45, 2.75) is 0 Å². The summed E-state index contributed by atoms with van der Waals surface area (Å²) in [7, 11) is 0. The highest BCUT2D eigenvalue weighted by molar-refractivity contribution is 4.49. The molecular weight excluding hydrogens is 52.0 g/mol. The summed E-state index contributed by atoms with van der Waals surface area (Å²) < 4.78 is 0. The summed E-state index contributed by atoms with van der Waals surface area (Å²) in [6, 6.07) is 0. The first kappa shape index (κ1) is 1.88. The van der Waals surface area contributed by atoms with Crippen molar-refractivity contribution in [2.75, 3.05) is 13.1 Å². The molecule has 1 rings (SSSR count). The topological polar surface area (TPSA) is 24.7 Å². The quantitative estimate of drug-likeness (QED) is 0.385. The van der Waals surface area contributed by atoms with Crippen LogP contribution in [0.15, 0.2) is 10.2 Å². The molecule has 1 heterocycles. The predicted octanol–water partition coefficient (Wildman–Crippen LogP) is 0.452. The third-order valence-electron chi connectivity index (χ3n) is 0.400. The molecule has 0 bridgehead atoms. The SMILES string of the molecule is C1CN=N1. The molecule has 0 saturated heterocycles. The molecule has 0 radical (unpaired) electrons. The number of nitrogens with zero attached hydrogens (tertiary/aromatic N) is 2. The van der Waals surface area contributed by atoms with E-state index in [1.54, 1.807) is 0 Å². The van der Waals surface area contributed by atoms with Crippen molar-refractivity contribution < 1.29 is 0 Å². The van der Waals surface area contributed by atoms with Crippen LogP contribution in [0.1, 0.15) is 0 Å².